The van der Waals surface area contributed by atoms with E-state index in [2.05, 4.69) is 4.74 Å². The van der Waals surface area contributed by atoms with Crippen molar-refractivity contribution in [3.05, 3.63) is 41.5 Å². The van der Waals surface area contributed by atoms with Gasteiger partial charge in [0.1, 0.15) is 6.61 Å². The van der Waals surface area contributed by atoms with E-state index < -0.39 is 17.9 Å². The molecular weight excluding hydrogens is 237 g/mol. The van der Waals surface area contributed by atoms with Gasteiger partial charge in [-0.3, -0.25) is 0 Å². The molecule has 0 heterocycles. The third-order valence-electron chi connectivity index (χ3n) is 1.85. The van der Waals surface area contributed by atoms with Crippen LogP contribution in [0, 0.1) is 0 Å². The summed E-state index contributed by atoms with van der Waals surface area (Å²) in [5.74, 6) is 0. The molecule has 0 saturated heterocycles. The highest BCUT2D eigenvalue weighted by molar-refractivity contribution is 5.57. The van der Waals surface area contributed by atoms with Gasteiger partial charge in [0, 0.05) is 0 Å². The van der Waals surface area contributed by atoms with Crippen molar-refractivity contribution in [3.63, 3.8) is 0 Å². The maximum Gasteiger partial charge on any atom is 0.506 e. The van der Waals surface area contributed by atoms with Gasteiger partial charge in [-0.1, -0.05) is 18.2 Å². The minimum atomic E-state index is -4.35. The number of halogens is 3. The number of hydrogen-bond donors (Lipinski definition) is 1. The second kappa shape index (κ2) is 5.38. The molecule has 0 aliphatic heterocycles. The number of hydrogen-bond acceptors (Lipinski definition) is 2. The summed E-state index contributed by atoms with van der Waals surface area (Å²) in [5, 5.41) is 8.16. The third-order valence-corrected chi connectivity index (χ3v) is 1.85. The molecule has 0 unspecified atom stereocenters. The van der Waals surface area contributed by atoms with Crippen molar-refractivity contribution in [1.82, 2.24) is 0 Å². The normalized spacial score (nSPS) is 11.7. The van der Waals surface area contributed by atoms with Crippen molar-refractivity contribution in [2.75, 3.05) is 6.61 Å². The van der Waals surface area contributed by atoms with Crippen LogP contribution in [-0.4, -0.2) is 17.9 Å². The Morgan fingerprint density at radius 3 is 2.35 bits per heavy atom. The van der Waals surface area contributed by atoms with Gasteiger partial charge in [-0.25, -0.2) is 4.79 Å². The van der Waals surface area contributed by atoms with Crippen molar-refractivity contribution < 1.29 is 27.8 Å². The molecule has 0 radical (unpaired) electrons. The lowest BCUT2D eigenvalue weighted by molar-refractivity contribution is -0.137. The lowest BCUT2D eigenvalue weighted by atomic mass is 10.1. The first-order valence-electron chi connectivity index (χ1n) is 4.59. The summed E-state index contributed by atoms with van der Waals surface area (Å²) in [4.78, 5) is 9.98. The molecule has 0 saturated carbocycles. The predicted octanol–water partition coefficient (Wildman–Crippen LogP) is 3.41. The number of alkyl halides is 3. The monoisotopic (exact) mass is 246 g/mol. The molecular formula is C11H9F3O3. The van der Waals surface area contributed by atoms with Gasteiger partial charge in [0.2, 0.25) is 0 Å². The quantitative estimate of drug-likeness (QED) is 0.831. The first-order chi connectivity index (χ1) is 7.89. The van der Waals surface area contributed by atoms with E-state index in [0.717, 1.165) is 12.1 Å². The Kier molecular flexibility index (Phi) is 4.14. The molecule has 1 aromatic carbocycles. The lowest BCUT2D eigenvalue weighted by Crippen LogP contribution is -2.04. The average Bonchev–Trinajstić information content (AvgIpc) is 2.23. The van der Waals surface area contributed by atoms with Gasteiger partial charge in [-0.05, 0) is 23.8 Å². The van der Waals surface area contributed by atoms with Crippen LogP contribution >= 0.6 is 0 Å². The Labute approximate surface area is 95.1 Å². The number of carbonyl (C=O) groups is 1. The molecule has 0 aliphatic rings. The van der Waals surface area contributed by atoms with E-state index in [1.807, 2.05) is 0 Å². The molecule has 0 atom stereocenters. The summed E-state index contributed by atoms with van der Waals surface area (Å²) >= 11 is 0. The van der Waals surface area contributed by atoms with E-state index in [-0.39, 0.29) is 6.61 Å². The molecule has 3 nitrogen and oxygen atoms in total. The van der Waals surface area contributed by atoms with Crippen LogP contribution in [0.2, 0.25) is 0 Å². The smallest absolute Gasteiger partial charge is 0.450 e. The van der Waals surface area contributed by atoms with Gasteiger partial charge in [-0.2, -0.15) is 13.2 Å². The molecule has 6 heteroatoms. The van der Waals surface area contributed by atoms with Crippen molar-refractivity contribution in [1.29, 1.82) is 0 Å². The molecule has 0 aromatic heterocycles. The molecule has 0 aliphatic carbocycles. The van der Waals surface area contributed by atoms with Crippen LogP contribution in [0.5, 0.6) is 0 Å². The van der Waals surface area contributed by atoms with Gasteiger partial charge in [0.25, 0.3) is 0 Å². The summed E-state index contributed by atoms with van der Waals surface area (Å²) < 4.78 is 40.8. The van der Waals surface area contributed by atoms with E-state index in [4.69, 9.17) is 5.11 Å². The minimum Gasteiger partial charge on any atom is -0.450 e. The van der Waals surface area contributed by atoms with Crippen LogP contribution in [0.3, 0.4) is 0 Å². The first-order valence-corrected chi connectivity index (χ1v) is 4.59. The van der Waals surface area contributed by atoms with Crippen LogP contribution in [0.15, 0.2) is 30.3 Å². The zero-order chi connectivity index (χ0) is 12.9. The summed E-state index contributed by atoms with van der Waals surface area (Å²) in [6.45, 7) is -0.143. The largest absolute Gasteiger partial charge is 0.506 e. The predicted molar refractivity (Wildman–Crippen MR) is 54.5 cm³/mol. The Morgan fingerprint density at radius 2 is 1.88 bits per heavy atom. The second-order valence-corrected chi connectivity index (χ2v) is 3.10. The van der Waals surface area contributed by atoms with Gasteiger partial charge in [0.05, 0.1) is 5.56 Å². The molecule has 1 rings (SSSR count). The number of rotatable bonds is 3. The zero-order valence-electron chi connectivity index (χ0n) is 8.57. The van der Waals surface area contributed by atoms with E-state index >= 15 is 0 Å². The van der Waals surface area contributed by atoms with Gasteiger partial charge >= 0.3 is 12.3 Å². The van der Waals surface area contributed by atoms with Crippen molar-refractivity contribution >= 4 is 12.2 Å². The molecule has 17 heavy (non-hydrogen) atoms. The maximum absolute atomic E-state index is 12.2. The molecule has 0 amide bonds. The van der Waals surface area contributed by atoms with Crippen LogP contribution in [0.25, 0.3) is 6.08 Å². The Morgan fingerprint density at radius 1 is 1.29 bits per heavy atom. The minimum absolute atomic E-state index is 0.143. The Balaban J connectivity index is 2.60. The number of ether oxygens (including phenoxy) is 1. The van der Waals surface area contributed by atoms with E-state index in [1.165, 1.54) is 24.3 Å². The first kappa shape index (κ1) is 13.1. The van der Waals surface area contributed by atoms with E-state index in [9.17, 15) is 18.0 Å². The second-order valence-electron chi connectivity index (χ2n) is 3.10. The topological polar surface area (TPSA) is 46.5 Å². The molecule has 0 fully saturated rings. The van der Waals surface area contributed by atoms with Crippen LogP contribution in [0.1, 0.15) is 11.1 Å². The van der Waals surface area contributed by atoms with Crippen molar-refractivity contribution in [2.24, 2.45) is 0 Å². The van der Waals surface area contributed by atoms with E-state index in [0.29, 0.717) is 5.56 Å². The fourth-order valence-electron chi connectivity index (χ4n) is 1.09. The van der Waals surface area contributed by atoms with Crippen molar-refractivity contribution in [2.45, 2.75) is 6.18 Å². The van der Waals surface area contributed by atoms with Gasteiger partial charge in [0.15, 0.2) is 0 Å². The average molecular weight is 246 g/mol. The number of benzene rings is 1. The fraction of sp³-hybridized carbons (Fsp3) is 0.182. The highest BCUT2D eigenvalue weighted by Gasteiger charge is 2.29. The summed E-state index contributed by atoms with van der Waals surface area (Å²) in [5.41, 5.74) is -0.191. The highest BCUT2D eigenvalue weighted by atomic mass is 19.4. The standard InChI is InChI=1S/C11H9F3O3/c12-11(13,14)9-5-3-8(4-6-9)2-1-7-17-10(15)16/h1-6H,7H2,(H,15,16). The van der Waals surface area contributed by atoms with Crippen molar-refractivity contribution in [3.8, 4) is 0 Å². The van der Waals surface area contributed by atoms with Crippen LogP contribution < -0.4 is 0 Å². The van der Waals surface area contributed by atoms with E-state index in [1.54, 1.807) is 0 Å². The van der Waals surface area contributed by atoms with Crippen LogP contribution in [0.4, 0.5) is 18.0 Å². The highest BCUT2D eigenvalue weighted by Crippen LogP contribution is 2.29. The molecule has 0 bridgehead atoms. The van der Waals surface area contributed by atoms with Crippen LogP contribution in [-0.2, 0) is 10.9 Å². The molecule has 1 aromatic rings. The molecule has 0 spiro atoms. The van der Waals surface area contributed by atoms with Gasteiger partial charge < -0.3 is 9.84 Å². The zero-order valence-corrected chi connectivity index (χ0v) is 8.57. The summed E-state index contributed by atoms with van der Waals surface area (Å²) in [6, 6.07) is 4.50. The van der Waals surface area contributed by atoms with Gasteiger partial charge in [-0.15, -0.1) is 0 Å². The molecule has 92 valence electrons. The number of carboxylic acid groups (broad SMARTS) is 1. The third kappa shape index (κ3) is 4.58. The molecule has 1 N–H and O–H groups in total. The lowest BCUT2D eigenvalue weighted by Gasteiger charge is -2.05. The summed E-state index contributed by atoms with van der Waals surface area (Å²) in [7, 11) is 0. The SMILES string of the molecule is O=C(O)OCC=Cc1ccc(C(F)(F)F)cc1. The Bertz CT molecular complexity index is 407. The maximum atomic E-state index is 12.2. The fourth-order valence-corrected chi connectivity index (χ4v) is 1.09. The summed E-state index contributed by atoms with van der Waals surface area (Å²) in [6.07, 6.45) is -2.88. The Hall–Kier alpha value is -1.98.